The van der Waals surface area contributed by atoms with Crippen molar-refractivity contribution in [2.24, 2.45) is 0 Å². The van der Waals surface area contributed by atoms with E-state index in [1.165, 1.54) is 5.69 Å². The Morgan fingerprint density at radius 2 is 1.74 bits per heavy atom. The molecule has 5 heteroatoms. The van der Waals surface area contributed by atoms with Crippen molar-refractivity contribution in [3.8, 4) is 11.5 Å². The molecule has 1 aromatic heterocycles. The molecular weight excluding hydrogens is 258 g/mol. The van der Waals surface area contributed by atoms with Crippen LogP contribution in [0.25, 0.3) is 11.5 Å². The van der Waals surface area contributed by atoms with Gasteiger partial charge in [-0.05, 0) is 43.9 Å². The van der Waals surface area contributed by atoms with Crippen molar-refractivity contribution in [1.29, 1.82) is 0 Å². The summed E-state index contributed by atoms with van der Waals surface area (Å²) in [7, 11) is 0. The van der Waals surface area contributed by atoms with Crippen molar-refractivity contribution >= 4 is 17.4 Å². The highest BCUT2D eigenvalue weighted by atomic mass is 32.2. The summed E-state index contributed by atoms with van der Waals surface area (Å²) in [5.74, 6) is 1.52. The van der Waals surface area contributed by atoms with Gasteiger partial charge in [0.15, 0.2) is 0 Å². The summed E-state index contributed by atoms with van der Waals surface area (Å²) < 4.78 is 5.59. The predicted molar refractivity (Wildman–Crippen MR) is 79.7 cm³/mol. The van der Waals surface area contributed by atoms with Gasteiger partial charge in [0.25, 0.3) is 5.22 Å². The van der Waals surface area contributed by atoms with Crippen molar-refractivity contribution in [2.45, 2.75) is 26.0 Å². The average molecular weight is 277 g/mol. The van der Waals surface area contributed by atoms with E-state index in [4.69, 9.17) is 4.42 Å². The zero-order valence-corrected chi connectivity index (χ0v) is 12.4. The third-order valence-corrected chi connectivity index (χ3v) is 3.62. The zero-order chi connectivity index (χ0) is 13.7. The highest BCUT2D eigenvalue weighted by Crippen LogP contribution is 2.25. The molecule has 0 amide bonds. The van der Waals surface area contributed by atoms with Crippen molar-refractivity contribution in [3.63, 3.8) is 0 Å². The molecule has 0 N–H and O–H groups in total. The van der Waals surface area contributed by atoms with E-state index in [9.17, 15) is 0 Å². The third-order valence-electron chi connectivity index (χ3n) is 2.92. The lowest BCUT2D eigenvalue weighted by atomic mass is 10.2. The second-order valence-corrected chi connectivity index (χ2v) is 5.24. The normalized spacial score (nSPS) is 10.7. The Labute approximate surface area is 118 Å². The Kier molecular flexibility index (Phi) is 4.85. The fourth-order valence-corrected chi connectivity index (χ4v) is 2.40. The minimum absolute atomic E-state index is 0.585. The SMILES string of the molecule is CCSc1nnc(-c2ccc(N(CC)CC)cc2)o1. The second kappa shape index (κ2) is 6.61. The van der Waals surface area contributed by atoms with E-state index in [1.54, 1.807) is 11.8 Å². The van der Waals surface area contributed by atoms with E-state index in [-0.39, 0.29) is 0 Å². The fraction of sp³-hybridized carbons (Fsp3) is 0.429. The van der Waals surface area contributed by atoms with Crippen LogP contribution in [0, 0.1) is 0 Å². The van der Waals surface area contributed by atoms with Crippen LogP contribution in [0.4, 0.5) is 5.69 Å². The minimum atomic E-state index is 0.585. The molecule has 2 aromatic rings. The summed E-state index contributed by atoms with van der Waals surface area (Å²) in [5, 5.41) is 8.71. The fourth-order valence-electron chi connectivity index (χ4n) is 1.91. The molecule has 1 heterocycles. The first-order valence-electron chi connectivity index (χ1n) is 6.60. The van der Waals surface area contributed by atoms with Crippen molar-refractivity contribution in [2.75, 3.05) is 23.7 Å². The van der Waals surface area contributed by atoms with Crippen LogP contribution < -0.4 is 4.90 Å². The summed E-state index contributed by atoms with van der Waals surface area (Å²) in [6, 6.07) is 8.25. The maximum Gasteiger partial charge on any atom is 0.276 e. The van der Waals surface area contributed by atoms with Crippen molar-refractivity contribution in [1.82, 2.24) is 10.2 Å². The number of anilines is 1. The summed E-state index contributed by atoms with van der Waals surface area (Å²) in [4.78, 5) is 2.30. The highest BCUT2D eigenvalue weighted by Gasteiger charge is 2.09. The summed E-state index contributed by atoms with van der Waals surface area (Å²) >= 11 is 1.56. The first kappa shape index (κ1) is 13.9. The van der Waals surface area contributed by atoms with Gasteiger partial charge in [-0.1, -0.05) is 18.7 Å². The molecule has 1 aromatic carbocycles. The largest absolute Gasteiger partial charge is 0.411 e. The van der Waals surface area contributed by atoms with Crippen molar-refractivity contribution < 1.29 is 4.42 Å². The molecule has 0 bridgehead atoms. The van der Waals surface area contributed by atoms with Crippen LogP contribution in [-0.2, 0) is 0 Å². The number of benzene rings is 1. The maximum absolute atomic E-state index is 5.59. The number of hydrogen-bond acceptors (Lipinski definition) is 5. The molecule has 0 aliphatic heterocycles. The van der Waals surface area contributed by atoms with E-state index in [0.717, 1.165) is 24.4 Å². The van der Waals surface area contributed by atoms with E-state index in [2.05, 4.69) is 48.0 Å². The van der Waals surface area contributed by atoms with Gasteiger partial charge in [-0.25, -0.2) is 0 Å². The van der Waals surface area contributed by atoms with Crippen molar-refractivity contribution in [3.05, 3.63) is 24.3 Å². The monoisotopic (exact) mass is 277 g/mol. The molecule has 0 saturated heterocycles. The van der Waals surface area contributed by atoms with Crippen LogP contribution in [0.15, 0.2) is 33.9 Å². The zero-order valence-electron chi connectivity index (χ0n) is 11.6. The Balaban J connectivity index is 2.17. The van der Waals surface area contributed by atoms with E-state index >= 15 is 0 Å². The predicted octanol–water partition coefficient (Wildman–Crippen LogP) is 3.69. The van der Waals surface area contributed by atoms with Gasteiger partial charge < -0.3 is 9.32 Å². The lowest BCUT2D eigenvalue weighted by Crippen LogP contribution is -2.21. The molecule has 0 aliphatic carbocycles. The molecule has 0 unspecified atom stereocenters. The molecule has 102 valence electrons. The van der Waals surface area contributed by atoms with Crippen LogP contribution in [0.1, 0.15) is 20.8 Å². The summed E-state index contributed by atoms with van der Waals surface area (Å²) in [6.45, 7) is 8.39. The van der Waals surface area contributed by atoms with Gasteiger partial charge in [0.2, 0.25) is 5.89 Å². The molecule has 0 atom stereocenters. The quantitative estimate of drug-likeness (QED) is 0.753. The standard InChI is InChI=1S/C14H19N3OS/c1-4-17(5-2)12-9-7-11(8-10-12)13-15-16-14(18-13)19-6-3/h7-10H,4-6H2,1-3H3. The molecule has 4 nitrogen and oxygen atoms in total. The molecule has 0 radical (unpaired) electrons. The number of hydrogen-bond donors (Lipinski definition) is 0. The van der Waals surface area contributed by atoms with Gasteiger partial charge in [-0.15, -0.1) is 10.2 Å². The van der Waals surface area contributed by atoms with Gasteiger partial charge in [0.1, 0.15) is 0 Å². The van der Waals surface area contributed by atoms with E-state index < -0.39 is 0 Å². The third kappa shape index (κ3) is 3.29. The molecular formula is C14H19N3OS. The second-order valence-electron chi connectivity index (χ2n) is 4.03. The van der Waals surface area contributed by atoms with Gasteiger partial charge in [-0.3, -0.25) is 0 Å². The number of thioether (sulfide) groups is 1. The molecule has 0 aliphatic rings. The lowest BCUT2D eigenvalue weighted by molar-refractivity contribution is 0.466. The Morgan fingerprint density at radius 3 is 2.32 bits per heavy atom. The van der Waals surface area contributed by atoms with Gasteiger partial charge in [-0.2, -0.15) is 0 Å². The number of nitrogens with zero attached hydrogens (tertiary/aromatic N) is 3. The van der Waals surface area contributed by atoms with Gasteiger partial charge in [0.05, 0.1) is 0 Å². The summed E-state index contributed by atoms with van der Waals surface area (Å²) in [5.41, 5.74) is 2.18. The topological polar surface area (TPSA) is 42.2 Å². The Hall–Kier alpha value is -1.49. The first-order valence-corrected chi connectivity index (χ1v) is 7.58. The first-order chi connectivity index (χ1) is 9.28. The van der Waals surface area contributed by atoms with Gasteiger partial charge >= 0.3 is 0 Å². The van der Waals surface area contributed by atoms with Gasteiger partial charge in [0, 0.05) is 24.3 Å². The van der Waals surface area contributed by atoms with Crippen LogP contribution in [0.5, 0.6) is 0 Å². The van der Waals surface area contributed by atoms with E-state index in [0.29, 0.717) is 11.1 Å². The number of rotatable bonds is 6. The molecule has 19 heavy (non-hydrogen) atoms. The maximum atomic E-state index is 5.59. The Bertz CT molecular complexity index is 506. The number of aromatic nitrogens is 2. The van der Waals surface area contributed by atoms with Crippen LogP contribution in [-0.4, -0.2) is 29.0 Å². The van der Waals surface area contributed by atoms with E-state index in [1.807, 2.05) is 12.1 Å². The van der Waals surface area contributed by atoms with Crippen LogP contribution in [0.3, 0.4) is 0 Å². The molecule has 2 rings (SSSR count). The van der Waals surface area contributed by atoms with Crippen LogP contribution in [0.2, 0.25) is 0 Å². The molecule has 0 saturated carbocycles. The summed E-state index contributed by atoms with van der Waals surface area (Å²) in [6.07, 6.45) is 0. The average Bonchev–Trinajstić information content (AvgIpc) is 2.90. The minimum Gasteiger partial charge on any atom is -0.411 e. The lowest BCUT2D eigenvalue weighted by Gasteiger charge is -2.20. The smallest absolute Gasteiger partial charge is 0.276 e. The molecule has 0 fully saturated rings. The molecule has 0 spiro atoms. The Morgan fingerprint density at radius 1 is 1.05 bits per heavy atom. The van der Waals surface area contributed by atoms with Crippen LogP contribution >= 0.6 is 11.8 Å². The highest BCUT2D eigenvalue weighted by molar-refractivity contribution is 7.99.